The van der Waals surface area contributed by atoms with E-state index in [9.17, 15) is 4.79 Å². The van der Waals surface area contributed by atoms with Crippen LogP contribution < -0.4 is 0 Å². The zero-order chi connectivity index (χ0) is 17.3. The minimum Gasteiger partial charge on any atom is -0.469 e. The molecule has 1 spiro atoms. The quantitative estimate of drug-likeness (QED) is 0.794. The Bertz CT molecular complexity index is 574. The van der Waals surface area contributed by atoms with E-state index in [0.717, 1.165) is 44.2 Å². The number of nitrogens with zero attached hydrogens (tertiary/aromatic N) is 2. The fourth-order valence-electron chi connectivity index (χ4n) is 4.79. The van der Waals surface area contributed by atoms with Crippen LogP contribution in [0.25, 0.3) is 0 Å². The molecule has 4 rings (SSSR count). The summed E-state index contributed by atoms with van der Waals surface area (Å²) in [6.07, 6.45) is 9.50. The number of ether oxygens (including phenoxy) is 1. The van der Waals surface area contributed by atoms with Gasteiger partial charge in [0.2, 0.25) is 5.91 Å². The Morgan fingerprint density at radius 1 is 1.28 bits per heavy atom. The lowest BCUT2D eigenvalue weighted by molar-refractivity contribution is -0.133. The third-order valence-corrected chi connectivity index (χ3v) is 6.46. The Labute approximate surface area is 150 Å². The normalized spacial score (nSPS) is 26.4. The number of rotatable bonds is 6. The van der Waals surface area contributed by atoms with Crippen molar-refractivity contribution in [1.29, 1.82) is 0 Å². The molecule has 0 unspecified atom stereocenters. The molecule has 2 aliphatic heterocycles. The van der Waals surface area contributed by atoms with E-state index in [1.807, 2.05) is 24.1 Å². The average molecular weight is 346 g/mol. The maximum absolute atomic E-state index is 12.5. The molecule has 1 aliphatic carbocycles. The second-order valence-corrected chi connectivity index (χ2v) is 8.10. The van der Waals surface area contributed by atoms with Gasteiger partial charge < -0.3 is 14.1 Å². The van der Waals surface area contributed by atoms with Crippen LogP contribution in [0.4, 0.5) is 0 Å². The van der Waals surface area contributed by atoms with Crippen molar-refractivity contribution in [2.45, 2.75) is 56.5 Å². The molecule has 1 aromatic rings. The van der Waals surface area contributed by atoms with E-state index in [4.69, 9.17) is 9.15 Å². The van der Waals surface area contributed by atoms with Gasteiger partial charge in [0.05, 0.1) is 19.3 Å². The van der Waals surface area contributed by atoms with Gasteiger partial charge in [-0.3, -0.25) is 9.69 Å². The lowest BCUT2D eigenvalue weighted by atomic mass is 9.84. The third-order valence-electron chi connectivity index (χ3n) is 6.46. The van der Waals surface area contributed by atoms with Gasteiger partial charge >= 0.3 is 0 Å². The topological polar surface area (TPSA) is 45.9 Å². The van der Waals surface area contributed by atoms with Crippen molar-refractivity contribution < 1.29 is 13.9 Å². The summed E-state index contributed by atoms with van der Waals surface area (Å²) in [6.45, 7) is 3.82. The molecule has 1 saturated carbocycles. The van der Waals surface area contributed by atoms with E-state index in [2.05, 4.69) is 4.90 Å². The summed E-state index contributed by atoms with van der Waals surface area (Å²) in [5, 5.41) is 0. The van der Waals surface area contributed by atoms with Crippen molar-refractivity contribution in [3.8, 4) is 0 Å². The van der Waals surface area contributed by atoms with Crippen molar-refractivity contribution >= 4 is 5.91 Å². The molecule has 25 heavy (non-hydrogen) atoms. The zero-order valence-electron chi connectivity index (χ0n) is 15.3. The first-order chi connectivity index (χ1) is 12.2. The van der Waals surface area contributed by atoms with E-state index in [-0.39, 0.29) is 5.91 Å². The molecule has 138 valence electrons. The maximum Gasteiger partial charge on any atom is 0.230 e. The molecule has 0 radical (unpaired) electrons. The molecular weight excluding hydrogens is 316 g/mol. The van der Waals surface area contributed by atoms with Crippen LogP contribution in [0.15, 0.2) is 22.8 Å². The number of hydrogen-bond donors (Lipinski definition) is 0. The Balaban J connectivity index is 1.38. The van der Waals surface area contributed by atoms with Gasteiger partial charge in [-0.15, -0.1) is 0 Å². The first-order valence-electron chi connectivity index (χ1n) is 9.76. The SMILES string of the molecule is COC[C@H]1CCC2(CCN(C(=O)Cc3ccco3)CC2)N1CC1CC1. The van der Waals surface area contributed by atoms with Gasteiger partial charge in [0.25, 0.3) is 0 Å². The zero-order valence-corrected chi connectivity index (χ0v) is 15.3. The molecule has 0 bridgehead atoms. The molecule has 0 N–H and O–H groups in total. The standard InChI is InChI=1S/C20H30N2O3/c1-24-15-17-6-7-20(22(17)14-16-4-5-16)8-10-21(11-9-20)19(23)13-18-3-2-12-25-18/h2-3,12,16-17H,4-11,13-15H2,1H3/t17-/m1/s1. The number of carbonyl (C=O) groups is 1. The molecule has 0 aromatic carbocycles. The highest BCUT2D eigenvalue weighted by atomic mass is 16.5. The van der Waals surface area contributed by atoms with Crippen molar-refractivity contribution in [1.82, 2.24) is 9.80 Å². The highest BCUT2D eigenvalue weighted by Crippen LogP contribution is 2.44. The van der Waals surface area contributed by atoms with Gasteiger partial charge in [0, 0.05) is 38.3 Å². The first kappa shape index (κ1) is 17.1. The Hall–Kier alpha value is -1.33. The molecule has 5 nitrogen and oxygen atoms in total. The fraction of sp³-hybridized carbons (Fsp3) is 0.750. The third kappa shape index (κ3) is 3.63. The molecule has 3 aliphatic rings. The van der Waals surface area contributed by atoms with E-state index >= 15 is 0 Å². The van der Waals surface area contributed by atoms with Crippen LogP contribution in [0.3, 0.4) is 0 Å². The summed E-state index contributed by atoms with van der Waals surface area (Å²) in [6, 6.07) is 4.29. The summed E-state index contributed by atoms with van der Waals surface area (Å²) in [4.78, 5) is 17.3. The van der Waals surface area contributed by atoms with Crippen LogP contribution in [0.5, 0.6) is 0 Å². The molecule has 1 amide bonds. The van der Waals surface area contributed by atoms with Crippen LogP contribution in [-0.2, 0) is 16.0 Å². The summed E-state index contributed by atoms with van der Waals surface area (Å²) >= 11 is 0. The number of methoxy groups -OCH3 is 1. The first-order valence-corrected chi connectivity index (χ1v) is 9.76. The number of carbonyl (C=O) groups excluding carboxylic acids is 1. The number of amides is 1. The lowest BCUT2D eigenvalue weighted by Gasteiger charge is -2.46. The minimum absolute atomic E-state index is 0.199. The van der Waals surface area contributed by atoms with Gasteiger partial charge in [-0.05, 0) is 56.6 Å². The molecule has 3 fully saturated rings. The van der Waals surface area contributed by atoms with Gasteiger partial charge in [-0.1, -0.05) is 0 Å². The van der Waals surface area contributed by atoms with E-state index in [0.29, 0.717) is 18.0 Å². The van der Waals surface area contributed by atoms with Gasteiger partial charge in [0.15, 0.2) is 0 Å². The van der Waals surface area contributed by atoms with Gasteiger partial charge in [-0.2, -0.15) is 0 Å². The smallest absolute Gasteiger partial charge is 0.230 e. The van der Waals surface area contributed by atoms with Gasteiger partial charge in [-0.25, -0.2) is 0 Å². The number of furan rings is 1. The predicted octanol–water partition coefficient (Wildman–Crippen LogP) is 2.70. The molecule has 3 heterocycles. The van der Waals surface area contributed by atoms with E-state index in [1.165, 1.54) is 32.2 Å². The molecule has 2 saturated heterocycles. The average Bonchev–Trinajstić information content (AvgIpc) is 3.20. The van der Waals surface area contributed by atoms with Crippen LogP contribution in [-0.4, -0.2) is 60.6 Å². The van der Waals surface area contributed by atoms with Crippen molar-refractivity contribution in [2.75, 3.05) is 33.4 Å². The second-order valence-electron chi connectivity index (χ2n) is 8.10. The Morgan fingerprint density at radius 3 is 2.72 bits per heavy atom. The number of piperidine rings is 1. The molecule has 1 aromatic heterocycles. The van der Waals surface area contributed by atoms with E-state index in [1.54, 1.807) is 6.26 Å². The predicted molar refractivity (Wildman–Crippen MR) is 95.3 cm³/mol. The highest BCUT2D eigenvalue weighted by Gasteiger charge is 2.49. The van der Waals surface area contributed by atoms with Crippen molar-refractivity contribution in [3.05, 3.63) is 24.2 Å². The Morgan fingerprint density at radius 2 is 2.08 bits per heavy atom. The molecular formula is C20H30N2O3. The lowest BCUT2D eigenvalue weighted by Crippen LogP contribution is -2.56. The summed E-state index contributed by atoms with van der Waals surface area (Å²) in [5.41, 5.74) is 0.299. The number of likely N-dealkylation sites (tertiary alicyclic amines) is 2. The fourth-order valence-corrected chi connectivity index (χ4v) is 4.79. The summed E-state index contributed by atoms with van der Waals surface area (Å²) in [5.74, 6) is 1.86. The van der Waals surface area contributed by atoms with Crippen LogP contribution in [0.1, 0.15) is 44.3 Å². The second kappa shape index (κ2) is 7.12. The largest absolute Gasteiger partial charge is 0.469 e. The van der Waals surface area contributed by atoms with Crippen molar-refractivity contribution in [3.63, 3.8) is 0 Å². The molecule has 5 heteroatoms. The van der Waals surface area contributed by atoms with Crippen LogP contribution in [0.2, 0.25) is 0 Å². The van der Waals surface area contributed by atoms with Gasteiger partial charge in [0.1, 0.15) is 5.76 Å². The minimum atomic E-state index is 0.199. The summed E-state index contributed by atoms with van der Waals surface area (Å²) in [7, 11) is 1.82. The summed E-state index contributed by atoms with van der Waals surface area (Å²) < 4.78 is 10.8. The van der Waals surface area contributed by atoms with Crippen LogP contribution in [0, 0.1) is 5.92 Å². The number of hydrogen-bond acceptors (Lipinski definition) is 4. The van der Waals surface area contributed by atoms with E-state index < -0.39 is 0 Å². The maximum atomic E-state index is 12.5. The highest BCUT2D eigenvalue weighted by molar-refractivity contribution is 5.78. The van der Waals surface area contributed by atoms with Crippen LogP contribution >= 0.6 is 0 Å². The Kier molecular flexibility index (Phi) is 4.87. The van der Waals surface area contributed by atoms with Crippen molar-refractivity contribution in [2.24, 2.45) is 5.92 Å². The molecule has 1 atom stereocenters. The monoisotopic (exact) mass is 346 g/mol.